The third-order valence-corrected chi connectivity index (χ3v) is 7.67. The Balaban J connectivity index is 2.11. The van der Waals surface area contributed by atoms with Crippen molar-refractivity contribution in [1.29, 1.82) is 0 Å². The molecule has 1 saturated carbocycles. The molecule has 0 bridgehead atoms. The van der Waals surface area contributed by atoms with Gasteiger partial charge in [0.1, 0.15) is 0 Å². The number of nitrogens with one attached hydrogen (secondary N) is 2. The molecule has 0 aromatic heterocycles. The molecular weight excluding hydrogens is 464 g/mol. The highest BCUT2D eigenvalue weighted by Crippen LogP contribution is 2.37. The zero-order chi connectivity index (χ0) is 26.4. The zero-order valence-corrected chi connectivity index (χ0v) is 23.3. The standard InChI is InChI=1S/C28H45ClN2O4/c1-8-35-25(33)21-13-19(14-21)16-30-26(34)31-28(7,23(17-32)18(2)3)22-10-9-20(24(29)15-22)11-12-27(4,5)6/h9-10,15,18-19,21,23,32H,8,11-14,16-17H2,1-7H3,(H2,30,31,34)/t19?,21?,23?,28-/m0/s1. The second-order valence-corrected chi connectivity index (χ2v) is 12.1. The summed E-state index contributed by atoms with van der Waals surface area (Å²) in [6, 6.07) is 5.70. The number of halogens is 1. The summed E-state index contributed by atoms with van der Waals surface area (Å²) in [5.74, 6) is -0.0278. The predicted octanol–water partition coefficient (Wildman–Crippen LogP) is 5.69. The Hall–Kier alpha value is -1.79. The number of aliphatic hydroxyl groups excluding tert-OH is 1. The molecule has 1 aliphatic carbocycles. The van der Waals surface area contributed by atoms with Gasteiger partial charge in [0.15, 0.2) is 0 Å². The van der Waals surface area contributed by atoms with Crippen LogP contribution in [0.3, 0.4) is 0 Å². The van der Waals surface area contributed by atoms with Crippen molar-refractivity contribution in [3.63, 3.8) is 0 Å². The van der Waals surface area contributed by atoms with Crippen LogP contribution in [0.1, 0.15) is 78.9 Å². The van der Waals surface area contributed by atoms with Crippen molar-refractivity contribution < 1.29 is 19.4 Å². The number of esters is 1. The van der Waals surface area contributed by atoms with E-state index in [0.717, 1.165) is 36.8 Å². The SMILES string of the molecule is CCOC(=O)C1CC(CNC(=O)N[C@@](C)(c2ccc(CCC(C)(C)C)c(Cl)c2)C(CO)C(C)C)C1. The van der Waals surface area contributed by atoms with E-state index in [1.54, 1.807) is 6.92 Å². The van der Waals surface area contributed by atoms with Crippen molar-refractivity contribution in [3.8, 4) is 0 Å². The number of aliphatic hydroxyl groups is 1. The molecule has 0 radical (unpaired) electrons. The Kier molecular flexibility index (Phi) is 10.5. The van der Waals surface area contributed by atoms with Crippen LogP contribution in [-0.2, 0) is 21.5 Å². The van der Waals surface area contributed by atoms with E-state index in [0.29, 0.717) is 18.2 Å². The fourth-order valence-corrected chi connectivity index (χ4v) is 5.17. The number of hydrogen-bond donors (Lipinski definition) is 3. The zero-order valence-electron chi connectivity index (χ0n) is 22.5. The van der Waals surface area contributed by atoms with Crippen LogP contribution in [0.15, 0.2) is 18.2 Å². The molecule has 1 fully saturated rings. The van der Waals surface area contributed by atoms with Crippen molar-refractivity contribution in [3.05, 3.63) is 34.3 Å². The van der Waals surface area contributed by atoms with Gasteiger partial charge in [-0.15, -0.1) is 0 Å². The van der Waals surface area contributed by atoms with E-state index in [1.165, 1.54) is 0 Å². The van der Waals surface area contributed by atoms with Gasteiger partial charge in [0, 0.05) is 24.1 Å². The lowest BCUT2D eigenvalue weighted by molar-refractivity contribution is -0.152. The molecule has 1 aliphatic rings. The van der Waals surface area contributed by atoms with Crippen LogP contribution < -0.4 is 10.6 Å². The maximum atomic E-state index is 13.0. The van der Waals surface area contributed by atoms with E-state index >= 15 is 0 Å². The average molecular weight is 509 g/mol. The molecule has 0 spiro atoms. The summed E-state index contributed by atoms with van der Waals surface area (Å²) < 4.78 is 5.07. The summed E-state index contributed by atoms with van der Waals surface area (Å²) in [6.45, 7) is 15.3. The first-order chi connectivity index (χ1) is 16.3. The second-order valence-electron chi connectivity index (χ2n) is 11.7. The molecule has 1 aromatic carbocycles. The Morgan fingerprint density at radius 1 is 1.20 bits per heavy atom. The van der Waals surface area contributed by atoms with E-state index < -0.39 is 5.54 Å². The van der Waals surface area contributed by atoms with Crippen LogP contribution in [0.5, 0.6) is 0 Å². The third-order valence-electron chi connectivity index (χ3n) is 7.32. The van der Waals surface area contributed by atoms with Crippen LogP contribution in [0.25, 0.3) is 0 Å². The number of hydrogen-bond acceptors (Lipinski definition) is 4. The van der Waals surface area contributed by atoms with E-state index in [4.69, 9.17) is 16.3 Å². The van der Waals surface area contributed by atoms with Gasteiger partial charge in [-0.1, -0.05) is 58.4 Å². The monoisotopic (exact) mass is 508 g/mol. The van der Waals surface area contributed by atoms with Crippen LogP contribution in [0.2, 0.25) is 5.02 Å². The highest BCUT2D eigenvalue weighted by atomic mass is 35.5. The molecule has 0 aliphatic heterocycles. The number of carbonyl (C=O) groups is 2. The fraction of sp³-hybridized carbons (Fsp3) is 0.714. The summed E-state index contributed by atoms with van der Waals surface area (Å²) in [5.41, 5.74) is 1.36. The molecular formula is C28H45ClN2O4. The first-order valence-corrected chi connectivity index (χ1v) is 13.3. The highest BCUT2D eigenvalue weighted by molar-refractivity contribution is 6.31. The topological polar surface area (TPSA) is 87.7 Å². The van der Waals surface area contributed by atoms with E-state index in [1.807, 2.05) is 39.0 Å². The van der Waals surface area contributed by atoms with Gasteiger partial charge >= 0.3 is 12.0 Å². The van der Waals surface area contributed by atoms with Gasteiger partial charge in [-0.25, -0.2) is 4.79 Å². The third kappa shape index (κ3) is 8.11. The number of urea groups is 1. The Morgan fingerprint density at radius 2 is 1.86 bits per heavy atom. The van der Waals surface area contributed by atoms with Crippen LogP contribution in [0.4, 0.5) is 4.79 Å². The number of rotatable bonds is 11. The highest BCUT2D eigenvalue weighted by Gasteiger charge is 2.40. The number of benzene rings is 1. The van der Waals surface area contributed by atoms with Gasteiger partial charge < -0.3 is 20.5 Å². The first-order valence-electron chi connectivity index (χ1n) is 12.9. The molecule has 198 valence electrons. The van der Waals surface area contributed by atoms with Gasteiger partial charge in [0.25, 0.3) is 0 Å². The van der Waals surface area contributed by atoms with E-state index in [-0.39, 0.29) is 47.7 Å². The molecule has 2 rings (SSSR count). The smallest absolute Gasteiger partial charge is 0.315 e. The van der Waals surface area contributed by atoms with Gasteiger partial charge in [0.2, 0.25) is 0 Å². The fourth-order valence-electron chi connectivity index (χ4n) is 4.89. The lowest BCUT2D eigenvalue weighted by atomic mass is 9.74. The number of aryl methyl sites for hydroxylation is 1. The predicted molar refractivity (Wildman–Crippen MR) is 141 cm³/mol. The van der Waals surface area contributed by atoms with Gasteiger partial charge in [-0.2, -0.15) is 0 Å². The molecule has 1 unspecified atom stereocenters. The van der Waals surface area contributed by atoms with E-state index in [9.17, 15) is 14.7 Å². The van der Waals surface area contributed by atoms with Crippen molar-refractivity contribution in [2.75, 3.05) is 19.8 Å². The minimum Gasteiger partial charge on any atom is -0.466 e. The van der Waals surface area contributed by atoms with Crippen LogP contribution in [-0.4, -0.2) is 36.9 Å². The molecule has 2 amide bonds. The number of carbonyl (C=O) groups excluding carboxylic acids is 2. The molecule has 2 atom stereocenters. The average Bonchev–Trinajstić information content (AvgIpc) is 2.71. The maximum absolute atomic E-state index is 13.0. The second kappa shape index (κ2) is 12.4. The normalized spacial score (nSPS) is 20.5. The summed E-state index contributed by atoms with van der Waals surface area (Å²) in [7, 11) is 0. The van der Waals surface area contributed by atoms with E-state index in [2.05, 4.69) is 31.4 Å². The molecule has 7 heteroatoms. The summed E-state index contributed by atoms with van der Waals surface area (Å²) >= 11 is 6.69. The lowest BCUT2D eigenvalue weighted by Crippen LogP contribution is -2.55. The first kappa shape index (κ1) is 29.4. The van der Waals surface area contributed by atoms with Crippen molar-refractivity contribution in [2.24, 2.45) is 29.1 Å². The lowest BCUT2D eigenvalue weighted by Gasteiger charge is -2.41. The maximum Gasteiger partial charge on any atom is 0.315 e. The molecule has 1 aromatic rings. The van der Waals surface area contributed by atoms with Crippen molar-refractivity contribution in [2.45, 2.75) is 79.7 Å². The van der Waals surface area contributed by atoms with Crippen molar-refractivity contribution >= 4 is 23.6 Å². The van der Waals surface area contributed by atoms with Gasteiger partial charge in [0.05, 0.1) is 18.1 Å². The van der Waals surface area contributed by atoms with Crippen molar-refractivity contribution in [1.82, 2.24) is 10.6 Å². The van der Waals surface area contributed by atoms with Crippen LogP contribution in [0, 0.1) is 29.1 Å². The quantitative estimate of drug-likeness (QED) is 0.335. The molecule has 0 saturated heterocycles. The van der Waals surface area contributed by atoms with Crippen LogP contribution >= 0.6 is 11.6 Å². The van der Waals surface area contributed by atoms with Gasteiger partial charge in [-0.3, -0.25) is 4.79 Å². The minimum absolute atomic E-state index is 0.0614. The summed E-state index contributed by atoms with van der Waals surface area (Å²) in [5, 5.41) is 17.0. The molecule has 6 nitrogen and oxygen atoms in total. The molecule has 3 N–H and O–H groups in total. The Labute approximate surface area is 216 Å². The number of ether oxygens (including phenoxy) is 1. The molecule has 35 heavy (non-hydrogen) atoms. The van der Waals surface area contributed by atoms with Gasteiger partial charge in [-0.05, 0) is 74.0 Å². The Morgan fingerprint density at radius 3 is 2.37 bits per heavy atom. The summed E-state index contributed by atoms with van der Waals surface area (Å²) in [6.07, 6.45) is 3.36. The minimum atomic E-state index is -0.813. The largest absolute Gasteiger partial charge is 0.466 e. The summed E-state index contributed by atoms with van der Waals surface area (Å²) in [4.78, 5) is 24.8. The Bertz CT molecular complexity index is 861. The molecule has 0 heterocycles. The number of amides is 2.